The van der Waals surface area contributed by atoms with Crippen LogP contribution in [0.3, 0.4) is 0 Å². The van der Waals surface area contributed by atoms with Crippen LogP contribution in [0.2, 0.25) is 0 Å². The molecule has 0 aliphatic carbocycles. The fraction of sp³-hybridized carbons (Fsp3) is 0.833. The van der Waals surface area contributed by atoms with E-state index >= 15 is 0 Å². The van der Waals surface area contributed by atoms with E-state index < -0.39 is 0 Å². The molecule has 1 N–H and O–H groups in total. The number of anilines is 1. The molecule has 0 bridgehead atoms. The molecule has 0 spiro atoms. The Labute approximate surface area is 108 Å². The zero-order valence-corrected chi connectivity index (χ0v) is 11.6. The van der Waals surface area contributed by atoms with Crippen LogP contribution in [0.4, 0.5) is 5.95 Å². The van der Waals surface area contributed by atoms with Crippen molar-refractivity contribution in [3.63, 3.8) is 0 Å². The summed E-state index contributed by atoms with van der Waals surface area (Å²) < 4.78 is 2.21. The minimum Gasteiger partial charge on any atom is -0.355 e. The molecule has 2 heterocycles. The minimum atomic E-state index is 0.806. The van der Waals surface area contributed by atoms with Gasteiger partial charge >= 0.3 is 0 Å². The van der Waals surface area contributed by atoms with Crippen molar-refractivity contribution in [1.82, 2.24) is 14.8 Å². The first-order valence-corrected chi connectivity index (χ1v) is 7.74. The summed E-state index contributed by atoms with van der Waals surface area (Å²) in [6.07, 6.45) is 3.75. The maximum absolute atomic E-state index is 4.34. The van der Waals surface area contributed by atoms with E-state index in [1.807, 2.05) is 0 Å². The molecule has 0 amide bonds. The second-order valence-electron chi connectivity index (χ2n) is 4.47. The summed E-state index contributed by atoms with van der Waals surface area (Å²) in [6, 6.07) is 0. The van der Waals surface area contributed by atoms with E-state index in [-0.39, 0.29) is 0 Å². The van der Waals surface area contributed by atoms with Gasteiger partial charge in [0.05, 0.1) is 0 Å². The predicted molar refractivity (Wildman–Crippen MR) is 73.6 cm³/mol. The topological polar surface area (TPSA) is 42.7 Å². The number of aromatic nitrogens is 3. The van der Waals surface area contributed by atoms with Crippen molar-refractivity contribution >= 4 is 17.7 Å². The lowest BCUT2D eigenvalue weighted by Gasteiger charge is -2.21. The Bertz CT molecular complexity index is 344. The molecule has 0 radical (unpaired) electrons. The number of nitrogens with one attached hydrogen (secondary N) is 1. The van der Waals surface area contributed by atoms with Crippen LogP contribution in [0.1, 0.15) is 32.5 Å². The highest BCUT2D eigenvalue weighted by Gasteiger charge is 2.18. The van der Waals surface area contributed by atoms with E-state index in [1.165, 1.54) is 24.3 Å². The van der Waals surface area contributed by atoms with Gasteiger partial charge in [0, 0.05) is 19.5 Å². The quantitative estimate of drug-likeness (QED) is 0.876. The van der Waals surface area contributed by atoms with Crippen LogP contribution in [0.5, 0.6) is 0 Å². The molecule has 0 aromatic carbocycles. The molecule has 1 aliphatic heterocycles. The summed E-state index contributed by atoms with van der Waals surface area (Å²) in [5.74, 6) is 5.51. The smallest absolute Gasteiger partial charge is 0.224 e. The SMILES string of the molecule is CCNc1nnc(CC2CCSCC2)n1CC. The lowest BCUT2D eigenvalue weighted by atomic mass is 9.98. The van der Waals surface area contributed by atoms with Crippen LogP contribution < -0.4 is 5.32 Å². The van der Waals surface area contributed by atoms with Gasteiger partial charge in [-0.2, -0.15) is 11.8 Å². The monoisotopic (exact) mass is 254 g/mol. The van der Waals surface area contributed by atoms with Crippen LogP contribution in [0, 0.1) is 5.92 Å². The first-order valence-electron chi connectivity index (χ1n) is 6.58. The van der Waals surface area contributed by atoms with E-state index in [1.54, 1.807) is 0 Å². The number of hydrogen-bond donors (Lipinski definition) is 1. The summed E-state index contributed by atoms with van der Waals surface area (Å²) in [5.41, 5.74) is 0. The van der Waals surface area contributed by atoms with Crippen molar-refractivity contribution in [3.8, 4) is 0 Å². The second-order valence-corrected chi connectivity index (χ2v) is 5.70. The number of thioether (sulfide) groups is 1. The normalized spacial score (nSPS) is 17.3. The summed E-state index contributed by atoms with van der Waals surface area (Å²) >= 11 is 2.08. The summed E-state index contributed by atoms with van der Waals surface area (Å²) in [6.45, 7) is 6.10. The number of hydrogen-bond acceptors (Lipinski definition) is 4. The maximum Gasteiger partial charge on any atom is 0.224 e. The zero-order valence-electron chi connectivity index (χ0n) is 10.8. The third-order valence-corrected chi connectivity index (χ3v) is 4.34. The highest BCUT2D eigenvalue weighted by atomic mass is 32.2. The highest BCUT2D eigenvalue weighted by molar-refractivity contribution is 7.99. The molecule has 1 aliphatic rings. The van der Waals surface area contributed by atoms with Gasteiger partial charge in [-0.05, 0) is 44.1 Å². The van der Waals surface area contributed by atoms with Crippen LogP contribution in [-0.4, -0.2) is 32.8 Å². The largest absolute Gasteiger partial charge is 0.355 e. The molecule has 4 nitrogen and oxygen atoms in total. The maximum atomic E-state index is 4.34. The van der Waals surface area contributed by atoms with Crippen molar-refractivity contribution in [2.45, 2.75) is 39.7 Å². The molecule has 1 fully saturated rings. The molecule has 5 heteroatoms. The van der Waals surface area contributed by atoms with Crippen LogP contribution in [-0.2, 0) is 13.0 Å². The van der Waals surface area contributed by atoms with Crippen molar-refractivity contribution in [2.24, 2.45) is 5.92 Å². The van der Waals surface area contributed by atoms with Crippen LogP contribution in [0.25, 0.3) is 0 Å². The third-order valence-electron chi connectivity index (χ3n) is 3.29. The van der Waals surface area contributed by atoms with E-state index in [0.717, 1.165) is 37.2 Å². The Morgan fingerprint density at radius 2 is 2.06 bits per heavy atom. The first kappa shape index (κ1) is 12.7. The summed E-state index contributed by atoms with van der Waals surface area (Å²) in [4.78, 5) is 0. The van der Waals surface area contributed by atoms with E-state index in [9.17, 15) is 0 Å². The lowest BCUT2D eigenvalue weighted by Crippen LogP contribution is -2.16. The molecular formula is C12H22N4S. The molecule has 2 rings (SSSR count). The van der Waals surface area contributed by atoms with Crippen LogP contribution >= 0.6 is 11.8 Å². The van der Waals surface area contributed by atoms with Crippen molar-refractivity contribution in [2.75, 3.05) is 23.4 Å². The molecule has 1 aromatic heterocycles. The predicted octanol–water partition coefficient (Wildman–Crippen LogP) is 2.42. The third kappa shape index (κ3) is 3.15. The fourth-order valence-electron chi connectivity index (χ4n) is 2.32. The Hall–Kier alpha value is -0.710. The molecule has 1 aromatic rings. The lowest BCUT2D eigenvalue weighted by molar-refractivity contribution is 0.465. The van der Waals surface area contributed by atoms with Gasteiger partial charge in [0.1, 0.15) is 5.82 Å². The van der Waals surface area contributed by atoms with E-state index in [2.05, 4.69) is 45.7 Å². The first-order chi connectivity index (χ1) is 8.35. The van der Waals surface area contributed by atoms with Crippen molar-refractivity contribution in [3.05, 3.63) is 5.82 Å². The van der Waals surface area contributed by atoms with Gasteiger partial charge in [0.2, 0.25) is 5.95 Å². The van der Waals surface area contributed by atoms with E-state index in [0.29, 0.717) is 0 Å². The van der Waals surface area contributed by atoms with Gasteiger partial charge < -0.3 is 5.32 Å². The molecule has 0 atom stereocenters. The number of rotatable bonds is 5. The highest BCUT2D eigenvalue weighted by Crippen LogP contribution is 2.25. The van der Waals surface area contributed by atoms with Gasteiger partial charge in [-0.15, -0.1) is 10.2 Å². The Morgan fingerprint density at radius 3 is 2.71 bits per heavy atom. The minimum absolute atomic E-state index is 0.806. The van der Waals surface area contributed by atoms with Gasteiger partial charge in [0.25, 0.3) is 0 Å². The van der Waals surface area contributed by atoms with Crippen molar-refractivity contribution < 1.29 is 0 Å². The van der Waals surface area contributed by atoms with Gasteiger partial charge in [-0.25, -0.2) is 0 Å². The molecule has 96 valence electrons. The second kappa shape index (κ2) is 6.28. The zero-order chi connectivity index (χ0) is 12.1. The van der Waals surface area contributed by atoms with Gasteiger partial charge in [-0.3, -0.25) is 4.57 Å². The standard InChI is InChI=1S/C12H22N4S/c1-3-13-12-15-14-11(16(12)4-2)9-10-5-7-17-8-6-10/h10H,3-9H2,1-2H3,(H,13,15). The van der Waals surface area contributed by atoms with Crippen LogP contribution in [0.15, 0.2) is 0 Å². The molecule has 0 saturated carbocycles. The Kier molecular flexibility index (Phi) is 4.71. The molecule has 0 unspecified atom stereocenters. The van der Waals surface area contributed by atoms with E-state index in [4.69, 9.17) is 0 Å². The average Bonchev–Trinajstić information content (AvgIpc) is 2.73. The number of nitrogens with zero attached hydrogens (tertiary/aromatic N) is 3. The average molecular weight is 254 g/mol. The Balaban J connectivity index is 2.03. The molecule has 17 heavy (non-hydrogen) atoms. The molecular weight excluding hydrogens is 232 g/mol. The fourth-order valence-corrected chi connectivity index (χ4v) is 3.52. The van der Waals surface area contributed by atoms with Gasteiger partial charge in [0.15, 0.2) is 0 Å². The van der Waals surface area contributed by atoms with Gasteiger partial charge in [-0.1, -0.05) is 0 Å². The summed E-state index contributed by atoms with van der Waals surface area (Å²) in [5, 5.41) is 11.9. The summed E-state index contributed by atoms with van der Waals surface area (Å²) in [7, 11) is 0. The Morgan fingerprint density at radius 1 is 1.29 bits per heavy atom. The molecule has 1 saturated heterocycles. The van der Waals surface area contributed by atoms with Crippen molar-refractivity contribution in [1.29, 1.82) is 0 Å².